The highest BCUT2D eigenvalue weighted by Crippen LogP contribution is 2.35. The number of benzene rings is 1. The van der Waals surface area contributed by atoms with Crippen molar-refractivity contribution in [3.8, 4) is 21.8 Å². The summed E-state index contributed by atoms with van der Waals surface area (Å²) >= 11 is 1.71. The van der Waals surface area contributed by atoms with Crippen molar-refractivity contribution in [2.24, 2.45) is 0 Å². The number of pyridine rings is 3. The van der Waals surface area contributed by atoms with Gasteiger partial charge in [-0.05, 0) is 67.8 Å². The Hall–Kier alpha value is -3.51. The predicted molar refractivity (Wildman–Crippen MR) is 125 cm³/mol. The number of hydrogen-bond donors (Lipinski definition) is 0. The highest BCUT2D eigenvalue weighted by molar-refractivity contribution is 7.22. The second kappa shape index (κ2) is 7.88. The third-order valence-electron chi connectivity index (χ3n) is 5.55. The Bertz CT molecular complexity index is 1410. The number of nitrogens with zero attached hydrogens (tertiary/aromatic N) is 3. The Morgan fingerprint density at radius 2 is 1.41 bits per heavy atom. The summed E-state index contributed by atoms with van der Waals surface area (Å²) in [5.74, 6) is -1.73. The van der Waals surface area contributed by atoms with Crippen molar-refractivity contribution < 1.29 is 8.78 Å². The maximum atomic E-state index is 14.2. The fourth-order valence-electron chi connectivity index (χ4n) is 3.70. The van der Waals surface area contributed by atoms with Gasteiger partial charge in [-0.15, -0.1) is 11.3 Å². The maximum absolute atomic E-state index is 14.2. The lowest BCUT2D eigenvalue weighted by Crippen LogP contribution is -2.22. The zero-order valence-corrected chi connectivity index (χ0v) is 18.3. The van der Waals surface area contributed by atoms with E-state index in [2.05, 4.69) is 28.2 Å². The first-order chi connectivity index (χ1) is 15.4. The summed E-state index contributed by atoms with van der Waals surface area (Å²) in [5.41, 5.74) is 2.53. The highest BCUT2D eigenvalue weighted by Gasteiger charge is 2.27. The Labute approximate surface area is 188 Å². The van der Waals surface area contributed by atoms with Gasteiger partial charge in [-0.3, -0.25) is 9.97 Å². The molecule has 0 atom stereocenters. The lowest BCUT2D eigenvalue weighted by Gasteiger charge is -2.24. The zero-order chi connectivity index (χ0) is 22.3. The van der Waals surface area contributed by atoms with E-state index in [4.69, 9.17) is 4.98 Å². The van der Waals surface area contributed by atoms with Gasteiger partial charge in [0.25, 0.3) is 0 Å². The molecule has 0 aliphatic heterocycles. The van der Waals surface area contributed by atoms with E-state index in [1.54, 1.807) is 17.4 Å². The summed E-state index contributed by atoms with van der Waals surface area (Å²) in [6.07, 6.45) is 0. The lowest BCUT2D eigenvalue weighted by molar-refractivity contribution is 0.514. The standard InChI is InChI=1S/C26H19F2N3S/c1-26(2,22-11-5-8-18(29-22)17-13-14-24(27)31-25(17)28)23-12-6-9-19(30-23)21-15-16-7-3-4-10-20(16)32-21/h3-15H,1-2H3. The summed E-state index contributed by atoms with van der Waals surface area (Å²) < 4.78 is 28.7. The molecule has 0 radical (unpaired) electrons. The van der Waals surface area contributed by atoms with Crippen LogP contribution in [0.15, 0.2) is 78.9 Å². The summed E-state index contributed by atoms with van der Waals surface area (Å²) in [6, 6.07) is 24.3. The molecule has 4 aromatic heterocycles. The van der Waals surface area contributed by atoms with Gasteiger partial charge in [0.1, 0.15) is 0 Å². The van der Waals surface area contributed by atoms with E-state index in [0.29, 0.717) is 5.69 Å². The number of aromatic nitrogens is 3. The molecule has 0 saturated heterocycles. The fourth-order valence-corrected chi connectivity index (χ4v) is 4.73. The third-order valence-corrected chi connectivity index (χ3v) is 6.69. The molecule has 6 heteroatoms. The number of halogens is 2. The van der Waals surface area contributed by atoms with E-state index in [9.17, 15) is 8.78 Å². The quantitative estimate of drug-likeness (QED) is 0.280. The minimum atomic E-state index is -0.877. The molecule has 0 fully saturated rings. The van der Waals surface area contributed by atoms with Crippen molar-refractivity contribution in [3.05, 3.63) is 102 Å². The van der Waals surface area contributed by atoms with Gasteiger partial charge < -0.3 is 0 Å². The Morgan fingerprint density at radius 3 is 2.12 bits per heavy atom. The maximum Gasteiger partial charge on any atom is 0.224 e. The van der Waals surface area contributed by atoms with Crippen LogP contribution in [0.5, 0.6) is 0 Å². The largest absolute Gasteiger partial charge is 0.252 e. The summed E-state index contributed by atoms with van der Waals surface area (Å²) in [5, 5.41) is 1.20. The minimum absolute atomic E-state index is 0.163. The van der Waals surface area contributed by atoms with E-state index < -0.39 is 17.3 Å². The van der Waals surface area contributed by atoms with Crippen molar-refractivity contribution in [1.29, 1.82) is 0 Å². The molecule has 0 amide bonds. The first-order valence-corrected chi connectivity index (χ1v) is 11.0. The van der Waals surface area contributed by atoms with Crippen LogP contribution >= 0.6 is 11.3 Å². The Balaban J connectivity index is 1.54. The molecular formula is C26H19F2N3S. The third kappa shape index (κ3) is 3.67. The van der Waals surface area contributed by atoms with Crippen LogP contribution in [0.3, 0.4) is 0 Å². The van der Waals surface area contributed by atoms with Crippen molar-refractivity contribution in [3.63, 3.8) is 0 Å². The molecule has 0 aliphatic carbocycles. The molecule has 1 aromatic carbocycles. The first-order valence-electron chi connectivity index (χ1n) is 10.2. The smallest absolute Gasteiger partial charge is 0.224 e. The summed E-state index contributed by atoms with van der Waals surface area (Å²) in [4.78, 5) is 14.0. The van der Waals surface area contributed by atoms with Gasteiger partial charge in [-0.1, -0.05) is 30.3 Å². The summed E-state index contributed by atoms with van der Waals surface area (Å²) in [6.45, 7) is 4.07. The molecular weight excluding hydrogens is 424 g/mol. The second-order valence-corrected chi connectivity index (χ2v) is 9.15. The normalized spacial score (nSPS) is 11.8. The van der Waals surface area contributed by atoms with Crippen LogP contribution in [-0.2, 0) is 5.41 Å². The van der Waals surface area contributed by atoms with Gasteiger partial charge in [0.05, 0.1) is 33.2 Å². The van der Waals surface area contributed by atoms with Crippen molar-refractivity contribution in [2.45, 2.75) is 19.3 Å². The van der Waals surface area contributed by atoms with E-state index in [-0.39, 0.29) is 5.56 Å². The zero-order valence-electron chi connectivity index (χ0n) is 17.5. The number of hydrogen-bond acceptors (Lipinski definition) is 4. The second-order valence-electron chi connectivity index (χ2n) is 8.06. The van der Waals surface area contributed by atoms with Gasteiger partial charge in [-0.2, -0.15) is 13.8 Å². The van der Waals surface area contributed by atoms with Crippen molar-refractivity contribution >= 4 is 21.4 Å². The molecule has 32 heavy (non-hydrogen) atoms. The van der Waals surface area contributed by atoms with Crippen molar-refractivity contribution in [1.82, 2.24) is 15.0 Å². The van der Waals surface area contributed by atoms with Crippen LogP contribution < -0.4 is 0 Å². The number of rotatable bonds is 4. The van der Waals surface area contributed by atoms with Crippen LogP contribution in [0.4, 0.5) is 8.78 Å². The molecule has 158 valence electrons. The van der Waals surface area contributed by atoms with E-state index in [1.165, 1.54) is 16.2 Å². The average Bonchev–Trinajstić information content (AvgIpc) is 3.24. The van der Waals surface area contributed by atoms with Crippen LogP contribution in [0.25, 0.3) is 31.9 Å². The molecule has 5 aromatic rings. The predicted octanol–water partition coefficient (Wildman–Crippen LogP) is 7.02. The van der Waals surface area contributed by atoms with E-state index >= 15 is 0 Å². The van der Waals surface area contributed by atoms with Crippen molar-refractivity contribution in [2.75, 3.05) is 0 Å². The van der Waals surface area contributed by atoms with Gasteiger partial charge in [0.15, 0.2) is 0 Å². The molecule has 0 spiro atoms. The van der Waals surface area contributed by atoms with E-state index in [1.807, 2.05) is 56.3 Å². The number of fused-ring (bicyclic) bond motifs is 1. The van der Waals surface area contributed by atoms with Gasteiger partial charge in [-0.25, -0.2) is 0 Å². The Kier molecular flexibility index (Phi) is 5.02. The molecule has 0 saturated carbocycles. The van der Waals surface area contributed by atoms with Gasteiger partial charge in [0.2, 0.25) is 11.9 Å². The lowest BCUT2D eigenvalue weighted by atomic mass is 9.84. The molecule has 5 rings (SSSR count). The topological polar surface area (TPSA) is 38.7 Å². The van der Waals surface area contributed by atoms with Crippen LogP contribution in [0, 0.1) is 11.9 Å². The van der Waals surface area contributed by atoms with Gasteiger partial charge >= 0.3 is 0 Å². The molecule has 0 aliphatic rings. The van der Waals surface area contributed by atoms with Crippen LogP contribution in [0.2, 0.25) is 0 Å². The number of thiophene rings is 1. The molecule has 0 N–H and O–H groups in total. The molecule has 4 heterocycles. The first kappa shape index (κ1) is 20.4. The minimum Gasteiger partial charge on any atom is -0.252 e. The summed E-state index contributed by atoms with van der Waals surface area (Å²) in [7, 11) is 0. The fraction of sp³-hybridized carbons (Fsp3) is 0.115. The van der Waals surface area contributed by atoms with E-state index in [0.717, 1.165) is 28.0 Å². The SMILES string of the molecule is CC(C)(c1cccc(-c2cc3ccccc3s2)n1)c1cccc(-c2ccc(F)nc2F)n1. The molecule has 3 nitrogen and oxygen atoms in total. The Morgan fingerprint density at radius 1 is 0.719 bits per heavy atom. The average molecular weight is 444 g/mol. The van der Waals surface area contributed by atoms with Crippen LogP contribution in [0.1, 0.15) is 25.2 Å². The highest BCUT2D eigenvalue weighted by atomic mass is 32.1. The molecule has 0 bridgehead atoms. The molecule has 0 unspecified atom stereocenters. The monoisotopic (exact) mass is 443 g/mol. The van der Waals surface area contributed by atoms with Crippen LogP contribution in [-0.4, -0.2) is 15.0 Å². The van der Waals surface area contributed by atoms with Gasteiger partial charge in [0, 0.05) is 10.1 Å².